The van der Waals surface area contributed by atoms with Crippen LogP contribution >= 0.6 is 23.2 Å². The van der Waals surface area contributed by atoms with Crippen LogP contribution in [0.2, 0.25) is 10.0 Å². The molecule has 32 heavy (non-hydrogen) atoms. The molecule has 3 aliphatic heterocycles. The number of nitrogens with one attached hydrogen (secondary N) is 1. The first-order valence-corrected chi connectivity index (χ1v) is 12.8. The molecular weight excluding hydrogens is 476 g/mol. The normalized spacial score (nSPS) is 24.5. The predicted molar refractivity (Wildman–Crippen MR) is 125 cm³/mol. The Bertz CT molecular complexity index is 1070. The molecule has 0 saturated carbocycles. The van der Waals surface area contributed by atoms with E-state index in [9.17, 15) is 12.8 Å². The first-order chi connectivity index (χ1) is 14.9. The van der Waals surface area contributed by atoms with Crippen molar-refractivity contribution in [2.24, 2.45) is 5.41 Å². The van der Waals surface area contributed by atoms with Crippen molar-refractivity contribution in [1.82, 2.24) is 9.62 Å². The molecule has 3 fully saturated rings. The van der Waals surface area contributed by atoms with Gasteiger partial charge >= 0.3 is 0 Å². The van der Waals surface area contributed by atoms with Crippen LogP contribution < -0.4 is 9.62 Å². The van der Waals surface area contributed by atoms with Gasteiger partial charge in [-0.15, -0.1) is 0 Å². The first kappa shape index (κ1) is 23.8. The third-order valence-electron chi connectivity index (χ3n) is 6.67. The molecule has 1 atom stereocenters. The van der Waals surface area contributed by atoms with E-state index in [4.69, 9.17) is 27.9 Å². The molecular formula is C22H28Cl2FN3O3S. The lowest BCUT2D eigenvalue weighted by molar-refractivity contribution is -0.0566. The van der Waals surface area contributed by atoms with Crippen molar-refractivity contribution in [2.75, 3.05) is 37.7 Å². The number of anilines is 1. The standard InChI is InChI=1S/C22H28Cl2FN3O3S/c1-5-14(2)26-32(29,30)20-15(25)10-16(18(23)19(20)24)28-12-22(13-28)17(6-9-31-22)27-8-7-21(3,4)11-27/h5,10,17,26H,1-2,6-9,11-13H2,3-4H3/t17-/m0/s1. The first-order valence-electron chi connectivity index (χ1n) is 10.5. The van der Waals surface area contributed by atoms with Crippen molar-refractivity contribution in [1.29, 1.82) is 0 Å². The van der Waals surface area contributed by atoms with Gasteiger partial charge in [0.2, 0.25) is 0 Å². The number of halogens is 3. The zero-order valence-corrected chi connectivity index (χ0v) is 20.6. The van der Waals surface area contributed by atoms with Crippen LogP contribution in [0.15, 0.2) is 35.9 Å². The number of likely N-dealkylation sites (tertiary alicyclic amines) is 1. The fourth-order valence-corrected chi connectivity index (χ4v) is 7.05. The molecule has 1 aromatic carbocycles. The fourth-order valence-electron chi connectivity index (χ4n) is 5.05. The summed E-state index contributed by atoms with van der Waals surface area (Å²) in [5.74, 6) is -0.982. The van der Waals surface area contributed by atoms with Gasteiger partial charge in [0.05, 0.1) is 28.8 Å². The Morgan fingerprint density at radius 1 is 1.31 bits per heavy atom. The summed E-state index contributed by atoms with van der Waals surface area (Å²) >= 11 is 12.7. The van der Waals surface area contributed by atoms with E-state index < -0.39 is 20.7 Å². The summed E-state index contributed by atoms with van der Waals surface area (Å²) in [6.07, 6.45) is 3.32. The quantitative estimate of drug-likeness (QED) is 0.465. The molecule has 0 aromatic heterocycles. The highest BCUT2D eigenvalue weighted by Gasteiger charge is 2.56. The molecule has 1 N–H and O–H groups in total. The average molecular weight is 504 g/mol. The molecule has 1 aromatic rings. The van der Waals surface area contributed by atoms with Gasteiger partial charge in [-0.05, 0) is 30.9 Å². The maximum absolute atomic E-state index is 15.0. The van der Waals surface area contributed by atoms with Gasteiger partial charge in [-0.25, -0.2) is 12.8 Å². The Morgan fingerprint density at radius 2 is 2.00 bits per heavy atom. The summed E-state index contributed by atoms with van der Waals surface area (Å²) in [5, 5.41) is -0.374. The van der Waals surface area contributed by atoms with Gasteiger partial charge < -0.3 is 9.64 Å². The second-order valence-electron chi connectivity index (χ2n) is 9.63. The van der Waals surface area contributed by atoms with Crippen LogP contribution in [-0.2, 0) is 14.8 Å². The van der Waals surface area contributed by atoms with Crippen LogP contribution in [0.4, 0.5) is 10.1 Å². The van der Waals surface area contributed by atoms with Crippen molar-refractivity contribution in [3.05, 3.63) is 46.9 Å². The second-order valence-corrected chi connectivity index (χ2v) is 12.0. The summed E-state index contributed by atoms with van der Waals surface area (Å²) in [4.78, 5) is 3.69. The maximum Gasteiger partial charge on any atom is 0.266 e. The fraction of sp³-hybridized carbons (Fsp3) is 0.545. The van der Waals surface area contributed by atoms with Gasteiger partial charge in [0.15, 0.2) is 0 Å². The van der Waals surface area contributed by atoms with E-state index in [1.807, 2.05) is 4.90 Å². The maximum atomic E-state index is 15.0. The van der Waals surface area contributed by atoms with E-state index in [1.54, 1.807) is 0 Å². The molecule has 4 rings (SSSR count). The van der Waals surface area contributed by atoms with Crippen LogP contribution in [0.3, 0.4) is 0 Å². The Morgan fingerprint density at radius 3 is 2.59 bits per heavy atom. The van der Waals surface area contributed by atoms with Crippen LogP contribution in [0, 0.1) is 11.2 Å². The minimum atomic E-state index is -4.30. The summed E-state index contributed by atoms with van der Waals surface area (Å²) in [6, 6.07) is 1.42. The number of nitrogens with zero attached hydrogens (tertiary/aromatic N) is 2. The van der Waals surface area contributed by atoms with E-state index in [2.05, 4.69) is 36.6 Å². The lowest BCUT2D eigenvalue weighted by Crippen LogP contribution is -2.69. The van der Waals surface area contributed by atoms with Gasteiger partial charge in [-0.1, -0.05) is 50.2 Å². The molecule has 0 amide bonds. The van der Waals surface area contributed by atoms with E-state index in [-0.39, 0.29) is 21.3 Å². The Kier molecular flexibility index (Phi) is 6.08. The van der Waals surface area contributed by atoms with Crippen LogP contribution in [0.1, 0.15) is 26.7 Å². The molecule has 1 spiro atoms. The number of allylic oxidation sites excluding steroid dienone is 1. The van der Waals surface area contributed by atoms with E-state index in [0.717, 1.165) is 32.0 Å². The minimum Gasteiger partial charge on any atom is -0.370 e. The summed E-state index contributed by atoms with van der Waals surface area (Å²) < 4.78 is 48.4. The molecule has 0 aliphatic carbocycles. The smallest absolute Gasteiger partial charge is 0.266 e. The molecule has 6 nitrogen and oxygen atoms in total. The second kappa shape index (κ2) is 8.17. The minimum absolute atomic E-state index is 0.000125. The topological polar surface area (TPSA) is 61.9 Å². The van der Waals surface area contributed by atoms with Crippen LogP contribution in [0.5, 0.6) is 0 Å². The third kappa shape index (κ3) is 4.05. The summed E-state index contributed by atoms with van der Waals surface area (Å²) in [5.41, 5.74) is 0.317. The highest BCUT2D eigenvalue weighted by Crippen LogP contribution is 2.47. The van der Waals surface area contributed by atoms with Gasteiger partial charge in [-0.3, -0.25) is 9.62 Å². The van der Waals surface area contributed by atoms with Crippen molar-refractivity contribution < 1.29 is 17.5 Å². The number of benzene rings is 1. The van der Waals surface area contributed by atoms with E-state index in [0.29, 0.717) is 36.8 Å². The Balaban J connectivity index is 1.56. The zero-order chi connectivity index (χ0) is 23.5. The number of hydrogen-bond donors (Lipinski definition) is 1. The molecule has 10 heteroatoms. The molecule has 0 unspecified atom stereocenters. The molecule has 3 aliphatic rings. The van der Waals surface area contributed by atoms with Crippen molar-refractivity contribution >= 4 is 38.9 Å². The lowest BCUT2D eigenvalue weighted by Gasteiger charge is -2.53. The van der Waals surface area contributed by atoms with Gasteiger partial charge in [0.1, 0.15) is 16.3 Å². The van der Waals surface area contributed by atoms with Gasteiger partial charge in [0, 0.05) is 31.0 Å². The number of sulfonamides is 1. The molecule has 176 valence electrons. The molecule has 0 bridgehead atoms. The number of ether oxygens (including phenoxy) is 1. The SMILES string of the molecule is C=CC(=C)NS(=O)(=O)c1c(F)cc(N2CC3(C2)OCC[C@@H]3N2CCC(C)(C)C2)c(Cl)c1Cl. The lowest BCUT2D eigenvalue weighted by atomic mass is 9.84. The van der Waals surface area contributed by atoms with Gasteiger partial charge in [0.25, 0.3) is 10.0 Å². The van der Waals surface area contributed by atoms with E-state index >= 15 is 0 Å². The molecule has 3 heterocycles. The molecule has 0 radical (unpaired) electrons. The zero-order valence-electron chi connectivity index (χ0n) is 18.3. The Labute approximate surface area is 199 Å². The monoisotopic (exact) mass is 503 g/mol. The summed E-state index contributed by atoms with van der Waals surface area (Å²) in [6.45, 7) is 15.3. The van der Waals surface area contributed by atoms with Crippen molar-refractivity contribution in [3.63, 3.8) is 0 Å². The highest BCUT2D eigenvalue weighted by atomic mass is 35.5. The molecule has 3 saturated heterocycles. The van der Waals surface area contributed by atoms with E-state index in [1.165, 1.54) is 6.08 Å². The van der Waals surface area contributed by atoms with Crippen LogP contribution in [0.25, 0.3) is 0 Å². The van der Waals surface area contributed by atoms with Crippen molar-refractivity contribution in [2.45, 2.75) is 43.2 Å². The summed E-state index contributed by atoms with van der Waals surface area (Å²) in [7, 11) is -4.30. The van der Waals surface area contributed by atoms with Gasteiger partial charge in [-0.2, -0.15) is 0 Å². The highest BCUT2D eigenvalue weighted by molar-refractivity contribution is 7.89. The third-order valence-corrected chi connectivity index (χ3v) is 9.11. The number of hydrogen-bond acceptors (Lipinski definition) is 5. The van der Waals surface area contributed by atoms with Crippen LogP contribution in [-0.4, -0.2) is 57.7 Å². The predicted octanol–water partition coefficient (Wildman–Crippen LogP) is 4.19. The Hall–Kier alpha value is -1.32. The average Bonchev–Trinajstić information content (AvgIpc) is 3.26. The van der Waals surface area contributed by atoms with Crippen molar-refractivity contribution in [3.8, 4) is 0 Å². The number of rotatable bonds is 6. The largest absolute Gasteiger partial charge is 0.370 e.